The van der Waals surface area contributed by atoms with Gasteiger partial charge in [-0.1, -0.05) is 15.9 Å². The smallest absolute Gasteiger partial charge is 0.302 e. The Labute approximate surface area is 85.5 Å². The second kappa shape index (κ2) is 7.83. The molecule has 0 N–H and O–H groups in total. The van der Waals surface area contributed by atoms with Crippen molar-refractivity contribution in [2.24, 2.45) is 0 Å². The maximum Gasteiger partial charge on any atom is 0.302 e. The quantitative estimate of drug-likeness (QED) is 0.413. The maximum absolute atomic E-state index is 10.3. The molecule has 12 heavy (non-hydrogen) atoms. The molecule has 0 saturated carbocycles. The summed E-state index contributed by atoms with van der Waals surface area (Å²) in [5.41, 5.74) is 0. The minimum absolute atomic E-state index is 0.0118. The molecule has 1 atom stereocenters. The van der Waals surface area contributed by atoms with Crippen molar-refractivity contribution in [2.75, 3.05) is 24.4 Å². The van der Waals surface area contributed by atoms with Gasteiger partial charge >= 0.3 is 5.97 Å². The highest BCUT2D eigenvalue weighted by Crippen LogP contribution is 1.99. The van der Waals surface area contributed by atoms with E-state index in [9.17, 15) is 4.79 Å². The third kappa shape index (κ3) is 6.88. The molecular weight excluding hydrogens is 247 g/mol. The van der Waals surface area contributed by atoms with Crippen LogP contribution in [0, 0.1) is 0 Å². The molecule has 0 aliphatic heterocycles. The lowest BCUT2D eigenvalue weighted by Gasteiger charge is -2.11. The molecule has 0 spiro atoms. The molecule has 0 aromatic carbocycles. The summed E-state index contributed by atoms with van der Waals surface area (Å²) < 4.78 is 9.89. The van der Waals surface area contributed by atoms with Crippen LogP contribution in [0.1, 0.15) is 6.92 Å². The summed E-state index contributed by atoms with van der Waals surface area (Å²) in [6.45, 7) is 2.04. The summed E-state index contributed by atoms with van der Waals surface area (Å²) in [5.74, 6) is 0.144. The Kier molecular flexibility index (Phi) is 7.96. The summed E-state index contributed by atoms with van der Waals surface area (Å²) in [5, 5.41) is 0.691. The summed E-state index contributed by atoms with van der Waals surface area (Å²) in [6, 6.07) is 0. The zero-order valence-corrected chi connectivity index (χ0v) is 9.23. The molecule has 0 aliphatic rings. The summed E-state index contributed by atoms with van der Waals surface area (Å²) in [7, 11) is 0. The first kappa shape index (κ1) is 12.2. The molecule has 0 aromatic rings. The van der Waals surface area contributed by atoms with Crippen LogP contribution >= 0.6 is 27.5 Å². The van der Waals surface area contributed by atoms with Gasteiger partial charge in [0.2, 0.25) is 0 Å². The largest absolute Gasteiger partial charge is 0.463 e. The molecule has 0 aromatic heterocycles. The summed E-state index contributed by atoms with van der Waals surface area (Å²) in [4.78, 5) is 10.3. The number of halogens is 2. The van der Waals surface area contributed by atoms with E-state index < -0.39 is 0 Å². The lowest BCUT2D eigenvalue weighted by atomic mass is 10.5. The van der Waals surface area contributed by atoms with E-state index in [1.54, 1.807) is 0 Å². The van der Waals surface area contributed by atoms with Crippen LogP contribution in [0.4, 0.5) is 0 Å². The van der Waals surface area contributed by atoms with Gasteiger partial charge in [-0.25, -0.2) is 0 Å². The fourth-order valence-electron chi connectivity index (χ4n) is 0.531. The number of ether oxygens (including phenoxy) is 2. The van der Waals surface area contributed by atoms with Crippen LogP contribution in [-0.2, 0) is 14.3 Å². The van der Waals surface area contributed by atoms with Gasteiger partial charge < -0.3 is 9.47 Å². The normalized spacial score (nSPS) is 12.6. The fraction of sp³-hybridized carbons (Fsp3) is 0.857. The van der Waals surface area contributed by atoms with Crippen LogP contribution in [0.5, 0.6) is 0 Å². The second-order valence-electron chi connectivity index (χ2n) is 2.14. The average molecular weight is 260 g/mol. The lowest BCUT2D eigenvalue weighted by Crippen LogP contribution is -2.19. The van der Waals surface area contributed by atoms with Gasteiger partial charge in [-0.3, -0.25) is 4.79 Å². The molecule has 0 bridgehead atoms. The minimum Gasteiger partial charge on any atom is -0.463 e. The molecule has 0 saturated heterocycles. The Morgan fingerprint density at radius 1 is 1.58 bits per heavy atom. The summed E-state index contributed by atoms with van der Waals surface area (Å²) in [6.07, 6.45) is -0.0118. The Hall–Kier alpha value is 0.200. The van der Waals surface area contributed by atoms with E-state index in [0.717, 1.165) is 0 Å². The molecular formula is C7H12BrClO3. The molecule has 0 amide bonds. The number of esters is 1. The van der Waals surface area contributed by atoms with Gasteiger partial charge in [0, 0.05) is 18.1 Å². The van der Waals surface area contributed by atoms with E-state index in [4.69, 9.17) is 16.3 Å². The van der Waals surface area contributed by atoms with Gasteiger partial charge in [0.1, 0.15) is 6.61 Å². The molecule has 0 heterocycles. The number of rotatable bonds is 6. The van der Waals surface area contributed by atoms with Crippen molar-refractivity contribution in [2.45, 2.75) is 13.0 Å². The van der Waals surface area contributed by atoms with Crippen molar-refractivity contribution in [3.63, 3.8) is 0 Å². The zero-order chi connectivity index (χ0) is 9.40. The number of alkyl halides is 2. The van der Waals surface area contributed by atoms with Gasteiger partial charge in [0.15, 0.2) is 0 Å². The van der Waals surface area contributed by atoms with Crippen molar-refractivity contribution >= 4 is 33.5 Å². The number of carbonyl (C=O) groups excluding carboxylic acids is 1. The molecule has 0 fully saturated rings. The molecule has 0 unspecified atom stereocenters. The molecule has 72 valence electrons. The Morgan fingerprint density at radius 2 is 2.25 bits per heavy atom. The van der Waals surface area contributed by atoms with Crippen LogP contribution in [0.15, 0.2) is 0 Å². The van der Waals surface area contributed by atoms with Gasteiger partial charge in [0.25, 0.3) is 0 Å². The van der Waals surface area contributed by atoms with Crippen LogP contribution in [0.25, 0.3) is 0 Å². The van der Waals surface area contributed by atoms with Crippen LogP contribution in [0.3, 0.4) is 0 Å². The Bertz CT molecular complexity index is 128. The fourth-order valence-corrected chi connectivity index (χ4v) is 1.41. The highest BCUT2D eigenvalue weighted by Gasteiger charge is 2.04. The van der Waals surface area contributed by atoms with E-state index in [0.29, 0.717) is 17.8 Å². The number of hydrogen-bond donors (Lipinski definition) is 0. The van der Waals surface area contributed by atoms with Crippen molar-refractivity contribution < 1.29 is 14.3 Å². The first-order chi connectivity index (χ1) is 5.70. The van der Waals surface area contributed by atoms with Crippen LogP contribution < -0.4 is 0 Å². The first-order valence-electron chi connectivity index (χ1n) is 3.57. The third-order valence-electron chi connectivity index (χ3n) is 1.09. The monoisotopic (exact) mass is 258 g/mol. The predicted octanol–water partition coefficient (Wildman–Crippen LogP) is 1.57. The van der Waals surface area contributed by atoms with E-state index in [1.165, 1.54) is 6.92 Å². The van der Waals surface area contributed by atoms with Crippen molar-refractivity contribution in [1.82, 2.24) is 0 Å². The van der Waals surface area contributed by atoms with Gasteiger partial charge in [-0.2, -0.15) is 0 Å². The highest BCUT2D eigenvalue weighted by molar-refractivity contribution is 9.09. The SMILES string of the molecule is CC(=O)OCCO[C@@H](CCl)CBr. The molecule has 3 nitrogen and oxygen atoms in total. The molecule has 0 radical (unpaired) electrons. The minimum atomic E-state index is -0.292. The number of hydrogen-bond acceptors (Lipinski definition) is 3. The summed E-state index contributed by atoms with van der Waals surface area (Å²) >= 11 is 8.79. The predicted molar refractivity (Wildman–Crippen MR) is 50.9 cm³/mol. The van der Waals surface area contributed by atoms with E-state index in [1.807, 2.05) is 0 Å². The van der Waals surface area contributed by atoms with Gasteiger partial charge in [-0.05, 0) is 0 Å². The number of carbonyl (C=O) groups is 1. The van der Waals surface area contributed by atoms with Crippen molar-refractivity contribution in [3.05, 3.63) is 0 Å². The highest BCUT2D eigenvalue weighted by atomic mass is 79.9. The van der Waals surface area contributed by atoms with E-state index >= 15 is 0 Å². The standard InChI is InChI=1S/C7H12BrClO3/c1-6(10)11-2-3-12-7(4-8)5-9/h7H,2-5H2,1H3/t7-/m1/s1. The maximum atomic E-state index is 10.3. The lowest BCUT2D eigenvalue weighted by molar-refractivity contribution is -0.142. The van der Waals surface area contributed by atoms with Gasteiger partial charge in [-0.15, -0.1) is 11.6 Å². The molecule has 0 aliphatic carbocycles. The first-order valence-corrected chi connectivity index (χ1v) is 5.23. The van der Waals surface area contributed by atoms with Crippen LogP contribution in [-0.4, -0.2) is 36.5 Å². The van der Waals surface area contributed by atoms with E-state index in [-0.39, 0.29) is 18.7 Å². The van der Waals surface area contributed by atoms with Crippen LogP contribution in [0.2, 0.25) is 0 Å². The molecule has 0 rings (SSSR count). The van der Waals surface area contributed by atoms with Gasteiger partial charge in [0.05, 0.1) is 12.7 Å². The van der Waals surface area contributed by atoms with Crippen molar-refractivity contribution in [1.29, 1.82) is 0 Å². The Balaban J connectivity index is 3.23. The van der Waals surface area contributed by atoms with E-state index in [2.05, 4.69) is 20.7 Å². The Morgan fingerprint density at radius 3 is 2.67 bits per heavy atom. The average Bonchev–Trinajstić information content (AvgIpc) is 2.04. The third-order valence-corrected chi connectivity index (χ3v) is 2.15. The second-order valence-corrected chi connectivity index (χ2v) is 3.10. The van der Waals surface area contributed by atoms with Crippen molar-refractivity contribution in [3.8, 4) is 0 Å². The topological polar surface area (TPSA) is 35.5 Å². The zero-order valence-electron chi connectivity index (χ0n) is 6.89. The molecule has 5 heteroatoms.